The Kier molecular flexibility index (Phi) is 6.26. The zero-order valence-corrected chi connectivity index (χ0v) is 18.1. The molecule has 31 heavy (non-hydrogen) atoms. The highest BCUT2D eigenvalue weighted by Crippen LogP contribution is 2.26. The summed E-state index contributed by atoms with van der Waals surface area (Å²) in [7, 11) is 1.61. The van der Waals surface area contributed by atoms with Gasteiger partial charge < -0.3 is 19.9 Å². The molecule has 0 bridgehead atoms. The molecule has 0 unspecified atom stereocenters. The number of methoxy groups -OCH3 is 1. The fourth-order valence-electron chi connectivity index (χ4n) is 4.36. The number of nitrogens with one attached hydrogen (secondary N) is 2. The van der Waals surface area contributed by atoms with Crippen molar-refractivity contribution in [2.45, 2.75) is 51.6 Å². The average molecular weight is 420 g/mol. The van der Waals surface area contributed by atoms with Crippen molar-refractivity contribution in [2.24, 2.45) is 0 Å². The summed E-state index contributed by atoms with van der Waals surface area (Å²) in [5, 5.41) is 3.98. The van der Waals surface area contributed by atoms with Crippen molar-refractivity contribution in [1.82, 2.24) is 9.88 Å². The largest absolute Gasteiger partial charge is 0.497 e. The van der Waals surface area contributed by atoms with E-state index in [-0.39, 0.29) is 24.2 Å². The van der Waals surface area contributed by atoms with Gasteiger partial charge in [-0.15, -0.1) is 0 Å². The van der Waals surface area contributed by atoms with Gasteiger partial charge in [0.25, 0.3) is 5.56 Å². The molecule has 2 aromatic carbocycles. The Morgan fingerprint density at radius 1 is 1.13 bits per heavy atom. The van der Waals surface area contributed by atoms with Gasteiger partial charge >= 0.3 is 6.03 Å². The smallest absolute Gasteiger partial charge is 0.322 e. The summed E-state index contributed by atoms with van der Waals surface area (Å²) in [6.07, 6.45) is 5.32. The van der Waals surface area contributed by atoms with Gasteiger partial charge in [-0.2, -0.15) is 0 Å². The van der Waals surface area contributed by atoms with Gasteiger partial charge in [-0.25, -0.2) is 4.79 Å². The van der Waals surface area contributed by atoms with Crippen molar-refractivity contribution >= 4 is 22.6 Å². The Balaban J connectivity index is 1.61. The van der Waals surface area contributed by atoms with E-state index in [1.165, 1.54) is 6.42 Å². The third kappa shape index (κ3) is 4.74. The van der Waals surface area contributed by atoms with Gasteiger partial charge in [-0.05, 0) is 61.0 Å². The fourth-order valence-corrected chi connectivity index (χ4v) is 4.36. The van der Waals surface area contributed by atoms with Crippen molar-refractivity contribution in [3.63, 3.8) is 0 Å². The number of aryl methyl sites for hydroxylation is 1. The first-order valence-electron chi connectivity index (χ1n) is 10.9. The molecule has 6 heteroatoms. The monoisotopic (exact) mass is 419 g/mol. The Hall–Kier alpha value is -3.28. The summed E-state index contributed by atoms with van der Waals surface area (Å²) in [6, 6.07) is 15.1. The number of amides is 2. The van der Waals surface area contributed by atoms with Crippen LogP contribution in [0.4, 0.5) is 10.5 Å². The van der Waals surface area contributed by atoms with E-state index in [9.17, 15) is 9.59 Å². The van der Waals surface area contributed by atoms with Gasteiger partial charge in [-0.1, -0.05) is 37.5 Å². The molecule has 0 saturated heterocycles. The number of rotatable bonds is 5. The van der Waals surface area contributed by atoms with Gasteiger partial charge in [0, 0.05) is 17.3 Å². The van der Waals surface area contributed by atoms with Crippen molar-refractivity contribution in [3.8, 4) is 5.75 Å². The highest BCUT2D eigenvalue weighted by atomic mass is 16.5. The molecule has 1 saturated carbocycles. The summed E-state index contributed by atoms with van der Waals surface area (Å²) in [5.74, 6) is 0.736. The molecule has 162 valence electrons. The topological polar surface area (TPSA) is 74.4 Å². The second-order valence-corrected chi connectivity index (χ2v) is 8.24. The van der Waals surface area contributed by atoms with E-state index in [4.69, 9.17) is 4.74 Å². The fraction of sp³-hybridized carbons (Fsp3) is 0.360. The van der Waals surface area contributed by atoms with Gasteiger partial charge in [-0.3, -0.25) is 4.79 Å². The number of benzene rings is 2. The number of aromatic nitrogens is 1. The number of hydrogen-bond acceptors (Lipinski definition) is 3. The van der Waals surface area contributed by atoms with Crippen molar-refractivity contribution < 1.29 is 9.53 Å². The zero-order chi connectivity index (χ0) is 21.8. The van der Waals surface area contributed by atoms with Gasteiger partial charge in [0.2, 0.25) is 0 Å². The molecule has 0 aliphatic heterocycles. The molecule has 1 heterocycles. The number of nitrogens with zero attached hydrogens (tertiary/aromatic N) is 1. The maximum absolute atomic E-state index is 13.3. The molecule has 3 aromatic rings. The third-order valence-corrected chi connectivity index (χ3v) is 6.12. The van der Waals surface area contributed by atoms with Crippen LogP contribution in [0.1, 0.15) is 43.2 Å². The van der Waals surface area contributed by atoms with Crippen molar-refractivity contribution in [1.29, 1.82) is 0 Å². The van der Waals surface area contributed by atoms with Gasteiger partial charge in [0.15, 0.2) is 0 Å². The summed E-state index contributed by atoms with van der Waals surface area (Å²) >= 11 is 0. The summed E-state index contributed by atoms with van der Waals surface area (Å²) < 4.78 is 5.19. The molecule has 4 rings (SSSR count). The predicted octanol–water partition coefficient (Wildman–Crippen LogP) is 5.21. The number of hydrogen-bond donors (Lipinski definition) is 2. The van der Waals surface area contributed by atoms with Crippen molar-refractivity contribution in [3.05, 3.63) is 70.0 Å². The molecule has 1 fully saturated rings. The maximum atomic E-state index is 13.3. The normalized spacial score (nSPS) is 14.4. The quantitative estimate of drug-likeness (QED) is 0.596. The van der Waals surface area contributed by atoms with Crippen LogP contribution in [0.5, 0.6) is 5.75 Å². The van der Waals surface area contributed by atoms with Gasteiger partial charge in [0.05, 0.1) is 19.2 Å². The molecule has 0 radical (unpaired) electrons. The number of pyridine rings is 1. The summed E-state index contributed by atoms with van der Waals surface area (Å²) in [5.41, 5.74) is 3.05. The highest BCUT2D eigenvalue weighted by molar-refractivity contribution is 5.89. The van der Waals surface area contributed by atoms with Crippen LogP contribution in [0.3, 0.4) is 0 Å². The van der Waals surface area contributed by atoms with Crippen LogP contribution in [-0.4, -0.2) is 29.1 Å². The van der Waals surface area contributed by atoms with E-state index in [1.807, 2.05) is 60.4 Å². The maximum Gasteiger partial charge on any atom is 0.322 e. The van der Waals surface area contributed by atoms with E-state index in [2.05, 4.69) is 10.3 Å². The molecule has 1 aliphatic carbocycles. The number of anilines is 1. The lowest BCUT2D eigenvalue weighted by molar-refractivity contribution is 0.162. The highest BCUT2D eigenvalue weighted by Gasteiger charge is 2.26. The Morgan fingerprint density at radius 2 is 1.87 bits per heavy atom. The molecule has 0 spiro atoms. The van der Waals surface area contributed by atoms with Crippen LogP contribution in [-0.2, 0) is 6.54 Å². The van der Waals surface area contributed by atoms with Crippen LogP contribution in [0, 0.1) is 6.92 Å². The van der Waals surface area contributed by atoms with Crippen LogP contribution in [0.2, 0.25) is 0 Å². The average Bonchev–Trinajstić information content (AvgIpc) is 2.79. The summed E-state index contributed by atoms with van der Waals surface area (Å²) in [6.45, 7) is 2.26. The van der Waals surface area contributed by atoms with Crippen LogP contribution >= 0.6 is 0 Å². The molecule has 6 nitrogen and oxygen atoms in total. The standard InChI is InChI=1S/C25H29N3O3/c1-17-7-6-8-18-15-19(24(29)27-23(17)18)16-28(21-9-4-3-5-10-21)25(30)26-20-11-13-22(31-2)14-12-20/h6-8,11-15,21H,3-5,9-10,16H2,1-2H3,(H,26,30)(H,27,29). The minimum Gasteiger partial charge on any atom is -0.497 e. The number of carbonyl (C=O) groups excluding carboxylic acids is 1. The van der Waals surface area contributed by atoms with Crippen molar-refractivity contribution in [2.75, 3.05) is 12.4 Å². The Morgan fingerprint density at radius 3 is 2.58 bits per heavy atom. The first-order chi connectivity index (χ1) is 15.0. The van der Waals surface area contributed by atoms with E-state index < -0.39 is 0 Å². The number of aromatic amines is 1. The van der Waals surface area contributed by atoms with Crippen LogP contribution in [0.15, 0.2) is 53.3 Å². The first kappa shape index (κ1) is 21.0. The van der Waals surface area contributed by atoms with Crippen LogP contribution in [0.25, 0.3) is 10.9 Å². The minimum atomic E-state index is -0.180. The Bertz CT molecular complexity index is 1120. The lowest BCUT2D eigenvalue weighted by atomic mass is 9.94. The predicted molar refractivity (Wildman–Crippen MR) is 124 cm³/mol. The second kappa shape index (κ2) is 9.25. The van der Waals surface area contributed by atoms with E-state index >= 15 is 0 Å². The molecule has 0 atom stereocenters. The SMILES string of the molecule is COc1ccc(NC(=O)N(Cc2cc3cccc(C)c3[nH]c2=O)C2CCCCC2)cc1. The minimum absolute atomic E-state index is 0.125. The van der Waals surface area contributed by atoms with E-state index in [1.54, 1.807) is 7.11 Å². The summed E-state index contributed by atoms with van der Waals surface area (Å²) in [4.78, 5) is 30.9. The van der Waals surface area contributed by atoms with Crippen LogP contribution < -0.4 is 15.6 Å². The number of urea groups is 1. The van der Waals surface area contributed by atoms with Gasteiger partial charge in [0.1, 0.15) is 5.75 Å². The second-order valence-electron chi connectivity index (χ2n) is 8.24. The number of H-pyrrole nitrogens is 1. The lowest BCUT2D eigenvalue weighted by Gasteiger charge is -2.34. The number of fused-ring (bicyclic) bond motifs is 1. The van der Waals surface area contributed by atoms with E-state index in [0.717, 1.165) is 47.9 Å². The third-order valence-electron chi connectivity index (χ3n) is 6.12. The molecular formula is C25H29N3O3. The number of para-hydroxylation sites is 1. The first-order valence-corrected chi connectivity index (χ1v) is 10.9. The molecular weight excluding hydrogens is 390 g/mol. The zero-order valence-electron chi connectivity index (χ0n) is 18.1. The molecule has 1 aliphatic rings. The number of carbonyl (C=O) groups is 1. The lowest BCUT2D eigenvalue weighted by Crippen LogP contribution is -2.44. The number of ether oxygens (including phenoxy) is 1. The van der Waals surface area contributed by atoms with E-state index in [0.29, 0.717) is 11.3 Å². The molecule has 1 aromatic heterocycles. The molecule has 2 amide bonds. The molecule has 2 N–H and O–H groups in total. The Labute approximate surface area is 182 Å².